The molecule has 1 aliphatic rings. The van der Waals surface area contributed by atoms with Gasteiger partial charge in [0.2, 0.25) is 0 Å². The molecule has 17 heavy (non-hydrogen) atoms. The molecule has 2 rings (SSSR count). The SMILES string of the molecule is Cc1cc(C)c(CC(C)(C)C2(N)CC2)c(C)c1. The lowest BCUT2D eigenvalue weighted by atomic mass is 9.75. The molecular formula is C16H25N. The van der Waals surface area contributed by atoms with Gasteiger partial charge >= 0.3 is 0 Å². The molecule has 94 valence electrons. The van der Waals surface area contributed by atoms with Gasteiger partial charge in [0, 0.05) is 5.54 Å². The van der Waals surface area contributed by atoms with Crippen molar-refractivity contribution < 1.29 is 0 Å². The van der Waals surface area contributed by atoms with Crippen LogP contribution >= 0.6 is 0 Å². The largest absolute Gasteiger partial charge is 0.325 e. The van der Waals surface area contributed by atoms with Gasteiger partial charge in [-0.25, -0.2) is 0 Å². The topological polar surface area (TPSA) is 26.0 Å². The molecule has 1 nitrogen and oxygen atoms in total. The first-order chi connectivity index (χ1) is 7.75. The van der Waals surface area contributed by atoms with E-state index in [2.05, 4.69) is 46.8 Å². The van der Waals surface area contributed by atoms with E-state index in [1.807, 2.05) is 0 Å². The van der Waals surface area contributed by atoms with Crippen LogP contribution in [-0.4, -0.2) is 5.54 Å². The molecule has 0 amide bonds. The Bertz CT molecular complexity index is 416. The summed E-state index contributed by atoms with van der Waals surface area (Å²) >= 11 is 0. The normalized spacial score (nSPS) is 18.2. The second-order valence-electron chi connectivity index (χ2n) is 6.59. The molecule has 0 radical (unpaired) electrons. The molecule has 2 N–H and O–H groups in total. The van der Waals surface area contributed by atoms with Crippen molar-refractivity contribution in [1.82, 2.24) is 0 Å². The van der Waals surface area contributed by atoms with Crippen molar-refractivity contribution >= 4 is 0 Å². The van der Waals surface area contributed by atoms with Gasteiger partial charge in [-0.3, -0.25) is 0 Å². The fourth-order valence-corrected chi connectivity index (χ4v) is 2.92. The van der Waals surface area contributed by atoms with Crippen molar-refractivity contribution in [3.63, 3.8) is 0 Å². The van der Waals surface area contributed by atoms with Crippen LogP contribution in [0.15, 0.2) is 12.1 Å². The van der Waals surface area contributed by atoms with E-state index in [0.29, 0.717) is 0 Å². The van der Waals surface area contributed by atoms with Gasteiger partial charge in [0.1, 0.15) is 0 Å². The highest BCUT2D eigenvalue weighted by Crippen LogP contribution is 2.49. The summed E-state index contributed by atoms with van der Waals surface area (Å²) in [6.07, 6.45) is 3.47. The van der Waals surface area contributed by atoms with Crippen LogP contribution in [0.5, 0.6) is 0 Å². The monoisotopic (exact) mass is 231 g/mol. The van der Waals surface area contributed by atoms with Gasteiger partial charge in [-0.1, -0.05) is 31.5 Å². The molecule has 1 aromatic carbocycles. The fourth-order valence-electron chi connectivity index (χ4n) is 2.92. The zero-order valence-corrected chi connectivity index (χ0v) is 11.9. The Kier molecular flexibility index (Phi) is 2.86. The van der Waals surface area contributed by atoms with Crippen molar-refractivity contribution in [3.05, 3.63) is 34.4 Å². The van der Waals surface area contributed by atoms with Gasteiger partial charge in [-0.05, 0) is 62.1 Å². The number of nitrogens with two attached hydrogens (primary N) is 1. The molecular weight excluding hydrogens is 206 g/mol. The predicted molar refractivity (Wildman–Crippen MR) is 74.3 cm³/mol. The van der Waals surface area contributed by atoms with E-state index < -0.39 is 0 Å². The van der Waals surface area contributed by atoms with Gasteiger partial charge in [0.15, 0.2) is 0 Å². The summed E-state index contributed by atoms with van der Waals surface area (Å²) in [5.41, 5.74) is 12.4. The molecule has 0 saturated heterocycles. The Morgan fingerprint density at radius 1 is 1.12 bits per heavy atom. The number of rotatable bonds is 3. The smallest absolute Gasteiger partial charge is 0.0210 e. The van der Waals surface area contributed by atoms with Gasteiger partial charge in [0.05, 0.1) is 0 Å². The van der Waals surface area contributed by atoms with Gasteiger partial charge in [0.25, 0.3) is 0 Å². The number of hydrogen-bond donors (Lipinski definition) is 1. The Hall–Kier alpha value is -0.820. The van der Waals surface area contributed by atoms with E-state index in [0.717, 1.165) is 6.42 Å². The summed E-state index contributed by atoms with van der Waals surface area (Å²) < 4.78 is 0. The molecule has 0 aromatic heterocycles. The Labute approximate surface area is 105 Å². The summed E-state index contributed by atoms with van der Waals surface area (Å²) in [7, 11) is 0. The second-order valence-corrected chi connectivity index (χ2v) is 6.59. The molecule has 1 saturated carbocycles. The van der Waals surface area contributed by atoms with E-state index in [-0.39, 0.29) is 11.0 Å². The molecule has 0 unspecified atom stereocenters. The van der Waals surface area contributed by atoms with Crippen LogP contribution in [0.3, 0.4) is 0 Å². The lowest BCUT2D eigenvalue weighted by Gasteiger charge is -2.33. The molecule has 0 atom stereocenters. The van der Waals surface area contributed by atoms with Crippen molar-refractivity contribution in [2.45, 2.75) is 59.4 Å². The van der Waals surface area contributed by atoms with E-state index in [1.165, 1.54) is 35.1 Å². The first kappa shape index (κ1) is 12.6. The van der Waals surface area contributed by atoms with Crippen LogP contribution in [0.4, 0.5) is 0 Å². The third-order valence-corrected chi connectivity index (χ3v) is 4.60. The Balaban J connectivity index is 2.30. The van der Waals surface area contributed by atoms with Gasteiger partial charge < -0.3 is 5.73 Å². The molecule has 1 aromatic rings. The maximum absolute atomic E-state index is 6.40. The maximum atomic E-state index is 6.40. The lowest BCUT2D eigenvalue weighted by Crippen LogP contribution is -2.41. The fraction of sp³-hybridized carbons (Fsp3) is 0.625. The minimum atomic E-state index is 0.0801. The van der Waals surface area contributed by atoms with Crippen LogP contribution in [0.2, 0.25) is 0 Å². The summed E-state index contributed by atoms with van der Waals surface area (Å²) in [6.45, 7) is 11.3. The maximum Gasteiger partial charge on any atom is 0.0210 e. The molecule has 0 heterocycles. The lowest BCUT2D eigenvalue weighted by molar-refractivity contribution is 0.264. The van der Waals surface area contributed by atoms with Crippen LogP contribution in [0.1, 0.15) is 48.9 Å². The van der Waals surface area contributed by atoms with Gasteiger partial charge in [-0.2, -0.15) is 0 Å². The molecule has 1 aliphatic carbocycles. The average molecular weight is 231 g/mol. The highest BCUT2D eigenvalue weighted by molar-refractivity contribution is 5.38. The number of aryl methyl sites for hydroxylation is 3. The highest BCUT2D eigenvalue weighted by Gasteiger charge is 2.50. The molecule has 0 bridgehead atoms. The average Bonchev–Trinajstić information content (AvgIpc) is 2.92. The zero-order chi connectivity index (χ0) is 12.8. The summed E-state index contributed by atoms with van der Waals surface area (Å²) in [5.74, 6) is 0. The van der Waals surface area contributed by atoms with Crippen molar-refractivity contribution in [2.75, 3.05) is 0 Å². The second kappa shape index (κ2) is 3.84. The van der Waals surface area contributed by atoms with Crippen molar-refractivity contribution in [3.8, 4) is 0 Å². The quantitative estimate of drug-likeness (QED) is 0.844. The van der Waals surface area contributed by atoms with Crippen molar-refractivity contribution in [1.29, 1.82) is 0 Å². The first-order valence-electron chi connectivity index (χ1n) is 6.61. The highest BCUT2D eigenvalue weighted by atomic mass is 14.9. The molecule has 1 heteroatoms. The molecule has 0 spiro atoms. The van der Waals surface area contributed by atoms with Crippen LogP contribution < -0.4 is 5.73 Å². The summed E-state index contributed by atoms with van der Waals surface area (Å²) in [5, 5.41) is 0. The van der Waals surface area contributed by atoms with E-state index in [4.69, 9.17) is 5.73 Å². The van der Waals surface area contributed by atoms with Crippen LogP contribution in [-0.2, 0) is 6.42 Å². The zero-order valence-electron chi connectivity index (χ0n) is 11.9. The summed E-state index contributed by atoms with van der Waals surface area (Å²) in [6, 6.07) is 4.57. The number of hydrogen-bond acceptors (Lipinski definition) is 1. The first-order valence-corrected chi connectivity index (χ1v) is 6.61. The Morgan fingerprint density at radius 3 is 2.00 bits per heavy atom. The van der Waals surface area contributed by atoms with E-state index in [9.17, 15) is 0 Å². The minimum absolute atomic E-state index is 0.0801. The molecule has 0 aliphatic heterocycles. The van der Waals surface area contributed by atoms with Crippen LogP contribution in [0, 0.1) is 26.2 Å². The number of benzene rings is 1. The van der Waals surface area contributed by atoms with Crippen molar-refractivity contribution in [2.24, 2.45) is 11.1 Å². The minimum Gasteiger partial charge on any atom is -0.325 e. The molecule has 1 fully saturated rings. The van der Waals surface area contributed by atoms with E-state index >= 15 is 0 Å². The Morgan fingerprint density at radius 2 is 1.59 bits per heavy atom. The van der Waals surface area contributed by atoms with E-state index in [1.54, 1.807) is 0 Å². The third kappa shape index (κ3) is 2.26. The predicted octanol–water partition coefficient (Wildman–Crippen LogP) is 3.67. The van der Waals surface area contributed by atoms with Gasteiger partial charge in [-0.15, -0.1) is 0 Å². The third-order valence-electron chi connectivity index (χ3n) is 4.60. The van der Waals surface area contributed by atoms with Crippen LogP contribution in [0.25, 0.3) is 0 Å². The standard InChI is InChI=1S/C16H25N/c1-11-8-12(2)14(13(3)9-11)10-15(4,5)16(17)6-7-16/h8-9H,6-7,10,17H2,1-5H3. The summed E-state index contributed by atoms with van der Waals surface area (Å²) in [4.78, 5) is 0.